The molecule has 1 heteroatoms. The van der Waals surface area contributed by atoms with Gasteiger partial charge in [-0.3, -0.25) is 0 Å². The van der Waals surface area contributed by atoms with E-state index in [9.17, 15) is 0 Å². The van der Waals surface area contributed by atoms with Gasteiger partial charge < -0.3 is 5.32 Å². The van der Waals surface area contributed by atoms with Gasteiger partial charge in [0.1, 0.15) is 0 Å². The smallest absolute Gasteiger partial charge is 0.00443 e. The predicted octanol–water partition coefficient (Wildman–Crippen LogP) is 3.49. The third-order valence-corrected chi connectivity index (χ3v) is 2.98. The van der Waals surface area contributed by atoms with Crippen LogP contribution < -0.4 is 5.32 Å². The standard InChI is InChI=1S/C14H23N/c1-5-15-13(4)10-12(3)14-9-7-6-8-11(14)2/h6-9,12-13,15H,5,10H2,1-4H3. The van der Waals surface area contributed by atoms with E-state index in [2.05, 4.69) is 57.3 Å². The summed E-state index contributed by atoms with van der Waals surface area (Å²) in [5.74, 6) is 0.639. The van der Waals surface area contributed by atoms with E-state index < -0.39 is 0 Å². The third-order valence-electron chi connectivity index (χ3n) is 2.98. The van der Waals surface area contributed by atoms with Crippen molar-refractivity contribution in [1.82, 2.24) is 5.32 Å². The number of nitrogens with one attached hydrogen (secondary N) is 1. The Labute approximate surface area is 93.9 Å². The van der Waals surface area contributed by atoms with Crippen LogP contribution in [0.4, 0.5) is 0 Å². The number of aryl methyl sites for hydroxylation is 1. The van der Waals surface area contributed by atoms with Gasteiger partial charge in [-0.15, -0.1) is 0 Å². The Hall–Kier alpha value is -0.820. The molecule has 2 unspecified atom stereocenters. The van der Waals surface area contributed by atoms with E-state index in [4.69, 9.17) is 0 Å². The first-order chi connectivity index (χ1) is 7.15. The topological polar surface area (TPSA) is 12.0 Å². The molecule has 0 saturated carbocycles. The molecule has 1 nitrogen and oxygen atoms in total. The van der Waals surface area contributed by atoms with Crippen molar-refractivity contribution in [3.63, 3.8) is 0 Å². The van der Waals surface area contributed by atoms with Crippen LogP contribution in [0.3, 0.4) is 0 Å². The molecule has 1 rings (SSSR count). The van der Waals surface area contributed by atoms with E-state index >= 15 is 0 Å². The summed E-state index contributed by atoms with van der Waals surface area (Å²) in [7, 11) is 0. The van der Waals surface area contributed by atoms with Crippen LogP contribution in [-0.4, -0.2) is 12.6 Å². The van der Waals surface area contributed by atoms with Crippen molar-refractivity contribution in [3.05, 3.63) is 35.4 Å². The van der Waals surface area contributed by atoms with E-state index in [-0.39, 0.29) is 0 Å². The fourth-order valence-corrected chi connectivity index (χ4v) is 2.23. The van der Waals surface area contributed by atoms with Crippen LogP contribution in [0.25, 0.3) is 0 Å². The molecular formula is C14H23N. The summed E-state index contributed by atoms with van der Waals surface area (Å²) < 4.78 is 0. The molecule has 0 radical (unpaired) electrons. The highest BCUT2D eigenvalue weighted by molar-refractivity contribution is 5.28. The maximum atomic E-state index is 3.47. The Morgan fingerprint density at radius 3 is 2.47 bits per heavy atom. The summed E-state index contributed by atoms with van der Waals surface area (Å²) in [4.78, 5) is 0. The predicted molar refractivity (Wildman–Crippen MR) is 67.3 cm³/mol. The highest BCUT2D eigenvalue weighted by atomic mass is 14.9. The second-order valence-electron chi connectivity index (χ2n) is 4.45. The van der Waals surface area contributed by atoms with E-state index in [1.54, 1.807) is 0 Å². The molecular weight excluding hydrogens is 182 g/mol. The van der Waals surface area contributed by atoms with Gasteiger partial charge in [0.25, 0.3) is 0 Å². The van der Waals surface area contributed by atoms with E-state index in [0.717, 1.165) is 6.54 Å². The van der Waals surface area contributed by atoms with Gasteiger partial charge in [0.2, 0.25) is 0 Å². The lowest BCUT2D eigenvalue weighted by Gasteiger charge is -2.19. The quantitative estimate of drug-likeness (QED) is 0.776. The van der Waals surface area contributed by atoms with Crippen LogP contribution >= 0.6 is 0 Å². The van der Waals surface area contributed by atoms with E-state index in [1.165, 1.54) is 17.5 Å². The lowest BCUT2D eigenvalue weighted by Crippen LogP contribution is -2.27. The molecule has 0 aromatic heterocycles. The van der Waals surface area contributed by atoms with Gasteiger partial charge in [0.05, 0.1) is 0 Å². The summed E-state index contributed by atoms with van der Waals surface area (Å²) in [6.07, 6.45) is 1.21. The Kier molecular flexibility index (Phi) is 4.83. The molecule has 1 N–H and O–H groups in total. The molecule has 15 heavy (non-hydrogen) atoms. The molecule has 0 amide bonds. The molecule has 1 aromatic carbocycles. The zero-order valence-electron chi connectivity index (χ0n) is 10.4. The van der Waals surface area contributed by atoms with Gasteiger partial charge in [-0.1, -0.05) is 38.1 Å². The molecule has 1 aromatic rings. The van der Waals surface area contributed by atoms with Gasteiger partial charge >= 0.3 is 0 Å². The SMILES string of the molecule is CCNC(C)CC(C)c1ccccc1C. The molecule has 0 aliphatic rings. The number of rotatable bonds is 5. The Morgan fingerprint density at radius 2 is 1.87 bits per heavy atom. The van der Waals surface area contributed by atoms with Crippen LogP contribution in [0.2, 0.25) is 0 Å². The molecule has 0 spiro atoms. The summed E-state index contributed by atoms with van der Waals surface area (Å²) >= 11 is 0. The Bertz CT molecular complexity index is 293. The average Bonchev–Trinajstić information content (AvgIpc) is 2.18. The molecule has 0 heterocycles. The maximum Gasteiger partial charge on any atom is 0.00443 e. The summed E-state index contributed by atoms with van der Waals surface area (Å²) in [6, 6.07) is 9.29. The van der Waals surface area contributed by atoms with Crippen molar-refractivity contribution in [2.24, 2.45) is 0 Å². The summed E-state index contributed by atoms with van der Waals surface area (Å²) in [5, 5.41) is 3.47. The van der Waals surface area contributed by atoms with Crippen LogP contribution in [0.15, 0.2) is 24.3 Å². The largest absolute Gasteiger partial charge is 0.315 e. The average molecular weight is 205 g/mol. The van der Waals surface area contributed by atoms with Gasteiger partial charge in [0, 0.05) is 6.04 Å². The fourth-order valence-electron chi connectivity index (χ4n) is 2.23. The van der Waals surface area contributed by atoms with Crippen LogP contribution in [0, 0.1) is 6.92 Å². The Morgan fingerprint density at radius 1 is 1.20 bits per heavy atom. The summed E-state index contributed by atoms with van der Waals surface area (Å²) in [5.41, 5.74) is 2.90. The number of hydrogen-bond donors (Lipinski definition) is 1. The molecule has 2 atom stereocenters. The fraction of sp³-hybridized carbons (Fsp3) is 0.571. The second-order valence-corrected chi connectivity index (χ2v) is 4.45. The van der Waals surface area contributed by atoms with Crippen molar-refractivity contribution < 1.29 is 0 Å². The third kappa shape index (κ3) is 3.67. The van der Waals surface area contributed by atoms with Crippen molar-refractivity contribution in [2.75, 3.05) is 6.54 Å². The van der Waals surface area contributed by atoms with Gasteiger partial charge in [0.15, 0.2) is 0 Å². The van der Waals surface area contributed by atoms with Gasteiger partial charge in [-0.05, 0) is 43.9 Å². The van der Waals surface area contributed by atoms with Crippen LogP contribution in [-0.2, 0) is 0 Å². The monoisotopic (exact) mass is 205 g/mol. The van der Waals surface area contributed by atoms with E-state index in [0.29, 0.717) is 12.0 Å². The molecule has 0 aliphatic heterocycles. The minimum Gasteiger partial charge on any atom is -0.315 e. The van der Waals surface area contributed by atoms with E-state index in [1.807, 2.05) is 0 Å². The second kappa shape index (κ2) is 5.92. The lowest BCUT2D eigenvalue weighted by atomic mass is 9.91. The minimum absolute atomic E-state index is 0.601. The number of benzene rings is 1. The highest BCUT2D eigenvalue weighted by Gasteiger charge is 2.11. The van der Waals surface area contributed by atoms with Gasteiger partial charge in [-0.25, -0.2) is 0 Å². The molecule has 0 aliphatic carbocycles. The maximum absolute atomic E-state index is 3.47. The first kappa shape index (κ1) is 12.3. The van der Waals surface area contributed by atoms with Crippen molar-refractivity contribution >= 4 is 0 Å². The highest BCUT2D eigenvalue weighted by Crippen LogP contribution is 2.23. The minimum atomic E-state index is 0.601. The van der Waals surface area contributed by atoms with Crippen LogP contribution in [0.5, 0.6) is 0 Å². The molecule has 84 valence electrons. The first-order valence-corrected chi connectivity index (χ1v) is 5.94. The van der Waals surface area contributed by atoms with Crippen molar-refractivity contribution in [1.29, 1.82) is 0 Å². The zero-order valence-corrected chi connectivity index (χ0v) is 10.4. The zero-order chi connectivity index (χ0) is 11.3. The number of hydrogen-bond acceptors (Lipinski definition) is 1. The Balaban J connectivity index is 2.61. The molecule has 0 saturated heterocycles. The van der Waals surface area contributed by atoms with Gasteiger partial charge in [-0.2, -0.15) is 0 Å². The lowest BCUT2D eigenvalue weighted by molar-refractivity contribution is 0.490. The van der Waals surface area contributed by atoms with Crippen molar-refractivity contribution in [3.8, 4) is 0 Å². The normalized spacial score (nSPS) is 14.9. The first-order valence-electron chi connectivity index (χ1n) is 5.94. The van der Waals surface area contributed by atoms with Crippen LogP contribution in [0.1, 0.15) is 44.2 Å². The van der Waals surface area contributed by atoms with Crippen molar-refractivity contribution in [2.45, 2.75) is 46.1 Å². The molecule has 0 fully saturated rings. The summed E-state index contributed by atoms with van der Waals surface area (Å²) in [6.45, 7) is 9.99. The molecule has 0 bridgehead atoms.